The second-order valence-corrected chi connectivity index (χ2v) is 11.3. The number of furan rings is 1. The minimum Gasteiger partial charge on any atom is -0.455 e. The van der Waals surface area contributed by atoms with Crippen LogP contribution in [0.2, 0.25) is 0 Å². The van der Waals surface area contributed by atoms with Crippen LogP contribution >= 0.6 is 0 Å². The van der Waals surface area contributed by atoms with Crippen molar-refractivity contribution in [1.29, 1.82) is 0 Å². The molecular weight excluding hydrogens is 549 g/mol. The smallest absolute Gasteiger partial charge is 0.255 e. The van der Waals surface area contributed by atoms with Gasteiger partial charge < -0.3 is 14.2 Å². The van der Waals surface area contributed by atoms with Gasteiger partial charge in [0.15, 0.2) is 5.58 Å². The Hall–Kier alpha value is -5.10. The summed E-state index contributed by atoms with van der Waals surface area (Å²) in [6, 6.07) is 17.7. The summed E-state index contributed by atoms with van der Waals surface area (Å²) >= 11 is 0. The Bertz CT molecular complexity index is 2040. The number of hydrogen-bond acceptors (Lipinski definition) is 8. The molecule has 0 atom stereocenters. The van der Waals surface area contributed by atoms with Crippen molar-refractivity contribution < 1.29 is 26.4 Å². The van der Waals surface area contributed by atoms with Crippen molar-refractivity contribution in [1.82, 2.24) is 20.5 Å². The van der Waals surface area contributed by atoms with Crippen molar-refractivity contribution in [2.75, 3.05) is 24.7 Å². The third-order valence-electron chi connectivity index (χ3n) is 6.67. The molecule has 0 aliphatic heterocycles. The van der Waals surface area contributed by atoms with Crippen LogP contribution in [0.3, 0.4) is 0 Å². The molecule has 3 aromatic heterocycles. The molecule has 3 heterocycles. The second-order valence-electron chi connectivity index (χ2n) is 9.30. The van der Waals surface area contributed by atoms with Gasteiger partial charge in [-0.1, -0.05) is 12.1 Å². The maximum absolute atomic E-state index is 13.6. The fraction of sp³-hybridized carbons (Fsp3) is 0.103. The van der Waals surface area contributed by atoms with E-state index in [0.717, 1.165) is 10.6 Å². The minimum absolute atomic E-state index is 0.201. The summed E-state index contributed by atoms with van der Waals surface area (Å²) in [6.07, 6.45) is 2.57. The predicted molar refractivity (Wildman–Crippen MR) is 152 cm³/mol. The monoisotopic (exact) mass is 571 g/mol. The number of halogens is 1. The Morgan fingerprint density at radius 3 is 2.44 bits per heavy atom. The lowest BCUT2D eigenvalue weighted by Gasteiger charge is -2.20. The molecule has 206 valence electrons. The van der Waals surface area contributed by atoms with Gasteiger partial charge in [-0.2, -0.15) is 10.2 Å². The van der Waals surface area contributed by atoms with Crippen molar-refractivity contribution in [3.63, 3.8) is 0 Å². The molecule has 0 saturated carbocycles. The first kappa shape index (κ1) is 26.1. The lowest BCUT2D eigenvalue weighted by molar-refractivity contribution is 0.0964. The van der Waals surface area contributed by atoms with Crippen LogP contribution in [0.5, 0.6) is 0 Å². The second kappa shape index (κ2) is 9.82. The molecule has 12 heteroatoms. The predicted octanol–water partition coefficient (Wildman–Crippen LogP) is 5.26. The summed E-state index contributed by atoms with van der Waals surface area (Å²) in [5.74, 6) is -0.363. The van der Waals surface area contributed by atoms with Crippen molar-refractivity contribution in [3.05, 3.63) is 84.3 Å². The van der Waals surface area contributed by atoms with E-state index in [9.17, 15) is 17.6 Å². The van der Waals surface area contributed by atoms with Crippen LogP contribution in [0, 0.1) is 5.82 Å². The first-order chi connectivity index (χ1) is 19.6. The average Bonchev–Trinajstić information content (AvgIpc) is 3.57. The lowest BCUT2D eigenvalue weighted by Crippen LogP contribution is -2.25. The number of benzene rings is 3. The van der Waals surface area contributed by atoms with E-state index in [4.69, 9.17) is 8.83 Å². The van der Waals surface area contributed by atoms with Crippen molar-refractivity contribution >= 4 is 43.7 Å². The maximum Gasteiger partial charge on any atom is 0.255 e. The fourth-order valence-electron chi connectivity index (χ4n) is 4.54. The Labute approximate surface area is 233 Å². The molecule has 0 aliphatic carbocycles. The van der Waals surface area contributed by atoms with E-state index in [0.29, 0.717) is 44.8 Å². The largest absolute Gasteiger partial charge is 0.455 e. The van der Waals surface area contributed by atoms with E-state index in [-0.39, 0.29) is 22.6 Å². The number of fused-ring (bicyclic) bond motifs is 2. The van der Waals surface area contributed by atoms with Crippen molar-refractivity contribution in [2.45, 2.75) is 0 Å². The zero-order chi connectivity index (χ0) is 28.9. The molecule has 10 nitrogen and oxygen atoms in total. The number of rotatable bonds is 6. The number of oxazole rings is 1. The molecule has 0 bridgehead atoms. The number of aromatic nitrogens is 3. The Balaban J connectivity index is 1.61. The summed E-state index contributed by atoms with van der Waals surface area (Å²) in [6.45, 7) is 0. The van der Waals surface area contributed by atoms with Gasteiger partial charge in [-0.25, -0.2) is 17.8 Å². The molecule has 0 unspecified atom stereocenters. The highest BCUT2D eigenvalue weighted by Gasteiger charge is 2.26. The number of amides is 1. The Morgan fingerprint density at radius 2 is 1.73 bits per heavy atom. The number of carbonyl (C=O) groups excluding carboxylic acids is 1. The van der Waals surface area contributed by atoms with Crippen LogP contribution in [0.25, 0.3) is 56.1 Å². The molecule has 0 saturated heterocycles. The Morgan fingerprint density at radius 1 is 0.976 bits per heavy atom. The third-order valence-corrected chi connectivity index (χ3v) is 7.87. The summed E-state index contributed by atoms with van der Waals surface area (Å²) in [4.78, 5) is 17.6. The van der Waals surface area contributed by atoms with E-state index in [1.165, 1.54) is 50.6 Å². The van der Waals surface area contributed by atoms with Gasteiger partial charge >= 0.3 is 0 Å². The Kier molecular flexibility index (Phi) is 6.26. The normalized spacial score (nSPS) is 11.7. The SMILES string of the molecule is CNC(=O)c1c(-c2ccc(F)cc2)oc2cc(N(C)S(C)(=O)=O)c(-c3cc(-c4nc5ccccc5o4)cnn3)cc12. The first-order valence-corrected chi connectivity index (χ1v) is 14.2. The van der Waals surface area contributed by atoms with Gasteiger partial charge in [-0.05, 0) is 48.5 Å². The molecule has 1 amide bonds. The molecule has 0 fully saturated rings. The van der Waals surface area contributed by atoms with E-state index < -0.39 is 21.7 Å². The molecule has 41 heavy (non-hydrogen) atoms. The summed E-state index contributed by atoms with van der Waals surface area (Å²) < 4.78 is 52.0. The van der Waals surface area contributed by atoms with E-state index in [1.807, 2.05) is 18.2 Å². The number of anilines is 1. The van der Waals surface area contributed by atoms with Crippen LogP contribution in [-0.2, 0) is 10.0 Å². The highest BCUT2D eigenvalue weighted by Crippen LogP contribution is 2.41. The van der Waals surface area contributed by atoms with Crippen LogP contribution < -0.4 is 9.62 Å². The number of sulfonamides is 1. The van der Waals surface area contributed by atoms with Crippen molar-refractivity contribution in [3.8, 4) is 34.0 Å². The van der Waals surface area contributed by atoms with Crippen LogP contribution in [0.15, 0.2) is 81.8 Å². The average molecular weight is 572 g/mol. The maximum atomic E-state index is 13.6. The molecule has 6 rings (SSSR count). The van der Waals surface area contributed by atoms with E-state index in [1.54, 1.807) is 18.2 Å². The van der Waals surface area contributed by atoms with Gasteiger partial charge in [-0.15, -0.1) is 0 Å². The molecular formula is C29H22FN5O5S. The van der Waals surface area contributed by atoms with Crippen LogP contribution in [-0.4, -0.2) is 49.9 Å². The van der Waals surface area contributed by atoms with Gasteiger partial charge in [0, 0.05) is 36.7 Å². The van der Waals surface area contributed by atoms with E-state index in [2.05, 4.69) is 20.5 Å². The van der Waals surface area contributed by atoms with Crippen LogP contribution in [0.4, 0.5) is 10.1 Å². The molecule has 0 aliphatic rings. The number of carbonyl (C=O) groups is 1. The summed E-state index contributed by atoms with van der Waals surface area (Å²) in [5.41, 5.74) is 3.63. The highest BCUT2D eigenvalue weighted by molar-refractivity contribution is 7.92. The number of hydrogen-bond donors (Lipinski definition) is 1. The zero-order valence-corrected chi connectivity index (χ0v) is 22.9. The van der Waals surface area contributed by atoms with Gasteiger partial charge in [0.05, 0.1) is 35.0 Å². The number of para-hydroxylation sites is 2. The van der Waals surface area contributed by atoms with Gasteiger partial charge in [0.25, 0.3) is 5.91 Å². The summed E-state index contributed by atoms with van der Waals surface area (Å²) in [7, 11) is -0.836. The standard InChI is InChI=1S/C29H22FN5O5S/c1-31-28(36)26-20-13-19(22-12-17(15-32-34-22)29-33-21-6-4-5-7-24(21)40-29)23(35(2)41(3,37)38)14-25(20)39-27(26)16-8-10-18(30)11-9-16/h4-15H,1-3H3,(H,31,36). The highest BCUT2D eigenvalue weighted by atomic mass is 32.2. The van der Waals surface area contributed by atoms with Gasteiger partial charge in [0.2, 0.25) is 15.9 Å². The molecule has 3 aromatic carbocycles. The number of nitrogens with one attached hydrogen (secondary N) is 1. The third kappa shape index (κ3) is 4.67. The first-order valence-electron chi connectivity index (χ1n) is 12.4. The zero-order valence-electron chi connectivity index (χ0n) is 22.0. The van der Waals surface area contributed by atoms with E-state index >= 15 is 0 Å². The van der Waals surface area contributed by atoms with Gasteiger partial charge in [-0.3, -0.25) is 9.10 Å². The van der Waals surface area contributed by atoms with Crippen LogP contribution in [0.1, 0.15) is 10.4 Å². The topological polar surface area (TPSA) is 131 Å². The quantitative estimate of drug-likeness (QED) is 0.286. The lowest BCUT2D eigenvalue weighted by atomic mass is 10.0. The molecule has 0 spiro atoms. The van der Waals surface area contributed by atoms with Crippen molar-refractivity contribution in [2.24, 2.45) is 0 Å². The number of nitrogens with zero attached hydrogens (tertiary/aromatic N) is 4. The minimum atomic E-state index is -3.72. The summed E-state index contributed by atoms with van der Waals surface area (Å²) in [5, 5.41) is 11.4. The molecule has 6 aromatic rings. The fourth-order valence-corrected chi connectivity index (χ4v) is 5.05. The molecule has 0 radical (unpaired) electrons. The van der Waals surface area contributed by atoms with Gasteiger partial charge in [0.1, 0.15) is 22.7 Å². The molecule has 1 N–H and O–H groups in total.